The van der Waals surface area contributed by atoms with Crippen LogP contribution in [0.15, 0.2) is 18.2 Å². The van der Waals surface area contributed by atoms with Gasteiger partial charge in [0, 0.05) is 11.1 Å². The summed E-state index contributed by atoms with van der Waals surface area (Å²) in [7, 11) is 0. The first-order valence-corrected chi connectivity index (χ1v) is 6.25. The van der Waals surface area contributed by atoms with Gasteiger partial charge < -0.3 is 5.73 Å². The number of aromatic nitrogens is 1. The molecule has 0 fully saturated rings. The zero-order valence-corrected chi connectivity index (χ0v) is 10.2. The van der Waals surface area contributed by atoms with Crippen molar-refractivity contribution in [2.75, 3.05) is 5.73 Å². The third kappa shape index (κ3) is 2.03. The number of nitrogens with zero attached hydrogens (tertiary/aromatic N) is 1. The first-order valence-electron chi connectivity index (χ1n) is 6.25. The first-order chi connectivity index (χ1) is 8.97. The average molecular weight is 266 g/mol. The van der Waals surface area contributed by atoms with Gasteiger partial charge in [0.15, 0.2) is 0 Å². The molecule has 0 saturated heterocycles. The molecule has 1 aromatic carbocycles. The second-order valence-corrected chi connectivity index (χ2v) is 4.90. The predicted octanol–water partition coefficient (Wildman–Crippen LogP) is 3.71. The highest BCUT2D eigenvalue weighted by atomic mass is 19.4. The van der Waals surface area contributed by atoms with Crippen LogP contribution in [0.25, 0.3) is 10.9 Å². The van der Waals surface area contributed by atoms with E-state index in [1.165, 1.54) is 0 Å². The van der Waals surface area contributed by atoms with Crippen LogP contribution in [0.1, 0.15) is 29.7 Å². The van der Waals surface area contributed by atoms with Crippen LogP contribution in [0.4, 0.5) is 18.9 Å². The molecule has 1 aliphatic rings. The van der Waals surface area contributed by atoms with E-state index in [-0.39, 0.29) is 5.69 Å². The highest BCUT2D eigenvalue weighted by molar-refractivity contribution is 5.93. The second-order valence-electron chi connectivity index (χ2n) is 4.90. The smallest absolute Gasteiger partial charge is 0.398 e. The molecule has 0 amide bonds. The summed E-state index contributed by atoms with van der Waals surface area (Å²) in [5.41, 5.74) is 7.44. The molecule has 0 bridgehead atoms. The van der Waals surface area contributed by atoms with E-state index in [1.807, 2.05) is 6.07 Å². The maximum Gasteiger partial charge on any atom is 0.433 e. The van der Waals surface area contributed by atoms with Crippen LogP contribution in [0.2, 0.25) is 0 Å². The quantitative estimate of drug-likeness (QED) is 0.789. The summed E-state index contributed by atoms with van der Waals surface area (Å²) in [6.45, 7) is 0. The number of hydrogen-bond donors (Lipinski definition) is 1. The number of fused-ring (bicyclic) bond motifs is 3. The standard InChI is InChI=1S/C14H13F3N2/c15-14(16,17)12-7-11(18)10-6-5-8-3-1-2-4-9(8)13(10)19-12/h5-7H,1-4H2,(H2,18,19). The predicted molar refractivity (Wildman–Crippen MR) is 67.8 cm³/mol. The van der Waals surface area contributed by atoms with Crippen molar-refractivity contribution >= 4 is 16.6 Å². The molecule has 0 atom stereocenters. The fraction of sp³-hybridized carbons (Fsp3) is 0.357. The molecular weight excluding hydrogens is 253 g/mol. The number of nitrogens with two attached hydrogens (primary N) is 1. The second kappa shape index (κ2) is 4.11. The Hall–Kier alpha value is -1.78. The van der Waals surface area contributed by atoms with Gasteiger partial charge in [-0.05, 0) is 42.9 Å². The minimum Gasteiger partial charge on any atom is -0.398 e. The van der Waals surface area contributed by atoms with Gasteiger partial charge in [-0.15, -0.1) is 0 Å². The number of rotatable bonds is 0. The molecule has 0 unspecified atom stereocenters. The number of hydrogen-bond acceptors (Lipinski definition) is 2. The zero-order chi connectivity index (χ0) is 13.6. The Balaban J connectivity index is 2.32. The molecule has 0 aliphatic heterocycles. The molecule has 0 saturated carbocycles. The lowest BCUT2D eigenvalue weighted by molar-refractivity contribution is -0.140. The van der Waals surface area contributed by atoms with Gasteiger partial charge in [0.1, 0.15) is 5.69 Å². The molecule has 1 heterocycles. The maximum atomic E-state index is 12.8. The van der Waals surface area contributed by atoms with Crippen molar-refractivity contribution in [1.29, 1.82) is 0 Å². The molecule has 5 heteroatoms. The number of pyridine rings is 1. The minimum atomic E-state index is -4.46. The van der Waals surface area contributed by atoms with E-state index in [1.54, 1.807) is 6.07 Å². The molecule has 1 aromatic heterocycles. The Labute approximate surface area is 108 Å². The number of anilines is 1. The van der Waals surface area contributed by atoms with E-state index in [9.17, 15) is 13.2 Å². The van der Waals surface area contributed by atoms with Crippen LogP contribution in [-0.2, 0) is 19.0 Å². The first kappa shape index (κ1) is 12.3. The zero-order valence-electron chi connectivity index (χ0n) is 10.2. The molecule has 19 heavy (non-hydrogen) atoms. The highest BCUT2D eigenvalue weighted by Crippen LogP contribution is 2.35. The summed E-state index contributed by atoms with van der Waals surface area (Å²) in [6, 6.07) is 4.65. The van der Waals surface area contributed by atoms with Crippen molar-refractivity contribution in [1.82, 2.24) is 4.98 Å². The SMILES string of the molecule is Nc1cc(C(F)(F)F)nc2c3c(ccc12)CCCC3. The lowest BCUT2D eigenvalue weighted by Crippen LogP contribution is -2.11. The summed E-state index contributed by atoms with van der Waals surface area (Å²) in [5.74, 6) is 0. The van der Waals surface area contributed by atoms with Crippen molar-refractivity contribution < 1.29 is 13.2 Å². The van der Waals surface area contributed by atoms with Crippen LogP contribution in [-0.4, -0.2) is 4.98 Å². The summed E-state index contributed by atoms with van der Waals surface area (Å²) < 4.78 is 38.4. The minimum absolute atomic E-state index is 0.144. The third-order valence-electron chi connectivity index (χ3n) is 3.63. The fourth-order valence-corrected chi connectivity index (χ4v) is 2.69. The van der Waals surface area contributed by atoms with Crippen molar-refractivity contribution in [3.63, 3.8) is 0 Å². The van der Waals surface area contributed by atoms with Crippen LogP contribution in [0, 0.1) is 0 Å². The molecule has 2 N–H and O–H groups in total. The van der Waals surface area contributed by atoms with Crippen molar-refractivity contribution in [3.05, 3.63) is 35.0 Å². The Kier molecular flexibility index (Phi) is 2.66. The van der Waals surface area contributed by atoms with Crippen LogP contribution in [0.5, 0.6) is 0 Å². The Bertz CT molecular complexity index is 647. The molecule has 0 radical (unpaired) electrons. The van der Waals surface area contributed by atoms with Crippen molar-refractivity contribution in [3.8, 4) is 0 Å². The molecule has 100 valence electrons. The van der Waals surface area contributed by atoms with Gasteiger partial charge in [-0.25, -0.2) is 4.98 Å². The molecule has 2 aromatic rings. The maximum absolute atomic E-state index is 12.8. The van der Waals surface area contributed by atoms with Gasteiger partial charge in [0.05, 0.1) is 5.52 Å². The lowest BCUT2D eigenvalue weighted by Gasteiger charge is -2.19. The number of benzene rings is 1. The van der Waals surface area contributed by atoms with E-state index >= 15 is 0 Å². The van der Waals surface area contributed by atoms with Crippen molar-refractivity contribution in [2.24, 2.45) is 0 Å². The third-order valence-corrected chi connectivity index (χ3v) is 3.63. The van der Waals surface area contributed by atoms with Crippen LogP contribution in [0.3, 0.4) is 0 Å². The number of aryl methyl sites for hydroxylation is 2. The monoisotopic (exact) mass is 266 g/mol. The normalized spacial score (nSPS) is 15.5. The van der Waals surface area contributed by atoms with Gasteiger partial charge in [-0.3, -0.25) is 0 Å². The van der Waals surface area contributed by atoms with Crippen LogP contribution >= 0.6 is 0 Å². The van der Waals surface area contributed by atoms with E-state index in [0.29, 0.717) is 10.9 Å². The molecule has 1 aliphatic carbocycles. The van der Waals surface area contributed by atoms with Gasteiger partial charge >= 0.3 is 6.18 Å². The van der Waals surface area contributed by atoms with Gasteiger partial charge in [0.2, 0.25) is 0 Å². The largest absolute Gasteiger partial charge is 0.433 e. The van der Waals surface area contributed by atoms with E-state index < -0.39 is 11.9 Å². The summed E-state index contributed by atoms with van der Waals surface area (Å²) >= 11 is 0. The molecule has 3 rings (SSSR count). The van der Waals surface area contributed by atoms with Gasteiger partial charge in [0.25, 0.3) is 0 Å². The van der Waals surface area contributed by atoms with Crippen molar-refractivity contribution in [2.45, 2.75) is 31.9 Å². The number of alkyl halides is 3. The molecular formula is C14H13F3N2. The summed E-state index contributed by atoms with van der Waals surface area (Å²) in [5, 5.41) is 0.619. The Morgan fingerprint density at radius 2 is 1.84 bits per heavy atom. The Morgan fingerprint density at radius 3 is 2.58 bits per heavy atom. The molecule has 2 nitrogen and oxygen atoms in total. The van der Waals surface area contributed by atoms with Crippen LogP contribution < -0.4 is 5.73 Å². The van der Waals surface area contributed by atoms with E-state index in [0.717, 1.165) is 42.9 Å². The molecule has 0 spiro atoms. The fourth-order valence-electron chi connectivity index (χ4n) is 2.69. The highest BCUT2D eigenvalue weighted by Gasteiger charge is 2.33. The van der Waals surface area contributed by atoms with E-state index in [4.69, 9.17) is 5.73 Å². The Morgan fingerprint density at radius 1 is 1.11 bits per heavy atom. The average Bonchev–Trinajstić information content (AvgIpc) is 2.37. The number of halogens is 3. The summed E-state index contributed by atoms with van der Waals surface area (Å²) in [6.07, 6.45) is -0.708. The summed E-state index contributed by atoms with van der Waals surface area (Å²) in [4.78, 5) is 3.82. The lowest BCUT2D eigenvalue weighted by atomic mass is 9.89. The topological polar surface area (TPSA) is 38.9 Å². The van der Waals surface area contributed by atoms with Gasteiger partial charge in [-0.2, -0.15) is 13.2 Å². The number of nitrogen functional groups attached to an aromatic ring is 1. The van der Waals surface area contributed by atoms with E-state index in [2.05, 4.69) is 4.98 Å². The van der Waals surface area contributed by atoms with Gasteiger partial charge in [-0.1, -0.05) is 12.1 Å².